The number of benzene rings is 1. The minimum atomic E-state index is -1.09. The van der Waals surface area contributed by atoms with Gasteiger partial charge in [0.05, 0.1) is 5.56 Å². The van der Waals surface area contributed by atoms with Crippen molar-refractivity contribution in [2.75, 3.05) is 11.5 Å². The smallest absolute Gasteiger partial charge is 0.254 e. The summed E-state index contributed by atoms with van der Waals surface area (Å²) in [6, 6.07) is 3.54. The quantitative estimate of drug-likeness (QED) is 0.806. The van der Waals surface area contributed by atoms with Gasteiger partial charge < -0.3 is 5.32 Å². The summed E-state index contributed by atoms with van der Waals surface area (Å²) in [6.07, 6.45) is 0.807. The lowest BCUT2D eigenvalue weighted by atomic mass is 10.1. The second-order valence-corrected chi connectivity index (χ2v) is 5.36. The van der Waals surface area contributed by atoms with Gasteiger partial charge in [-0.05, 0) is 37.0 Å². The average Bonchev–Trinajstić information content (AvgIpc) is 2.32. The van der Waals surface area contributed by atoms with Gasteiger partial charge in [-0.3, -0.25) is 4.79 Å². The number of hydrogen-bond donors (Lipinski definition) is 1. The SMILES string of the molecule is CCSCCC(C)NC(=O)c1cccc(F)c1F. The molecule has 100 valence electrons. The summed E-state index contributed by atoms with van der Waals surface area (Å²) >= 11 is 1.78. The Kier molecular flexibility index (Phi) is 6.12. The van der Waals surface area contributed by atoms with E-state index in [0.717, 1.165) is 24.0 Å². The van der Waals surface area contributed by atoms with Crippen molar-refractivity contribution in [3.63, 3.8) is 0 Å². The highest BCUT2D eigenvalue weighted by molar-refractivity contribution is 7.99. The van der Waals surface area contributed by atoms with Crippen LogP contribution in [-0.2, 0) is 0 Å². The summed E-state index contributed by atoms with van der Waals surface area (Å²) in [5.41, 5.74) is -0.245. The van der Waals surface area contributed by atoms with Gasteiger partial charge in [0.1, 0.15) is 0 Å². The monoisotopic (exact) mass is 273 g/mol. The number of rotatable bonds is 6. The standard InChI is InChI=1S/C13H17F2NOS/c1-3-18-8-7-9(2)16-13(17)10-5-4-6-11(14)12(10)15/h4-6,9H,3,7-8H2,1-2H3,(H,16,17). The number of carbonyl (C=O) groups excluding carboxylic acids is 1. The van der Waals surface area contributed by atoms with Crippen molar-refractivity contribution >= 4 is 17.7 Å². The van der Waals surface area contributed by atoms with E-state index < -0.39 is 17.5 Å². The van der Waals surface area contributed by atoms with E-state index in [1.807, 2.05) is 6.92 Å². The maximum atomic E-state index is 13.4. The minimum absolute atomic E-state index is 0.0563. The van der Waals surface area contributed by atoms with E-state index in [0.29, 0.717) is 0 Å². The summed E-state index contributed by atoms with van der Waals surface area (Å²) in [6.45, 7) is 3.92. The van der Waals surface area contributed by atoms with Gasteiger partial charge in [-0.2, -0.15) is 11.8 Å². The van der Waals surface area contributed by atoms with E-state index in [9.17, 15) is 13.6 Å². The van der Waals surface area contributed by atoms with E-state index in [1.165, 1.54) is 12.1 Å². The topological polar surface area (TPSA) is 29.1 Å². The zero-order valence-electron chi connectivity index (χ0n) is 10.5. The molecule has 0 aliphatic rings. The van der Waals surface area contributed by atoms with Crippen LogP contribution in [0.25, 0.3) is 0 Å². The van der Waals surface area contributed by atoms with Crippen LogP contribution in [0.3, 0.4) is 0 Å². The van der Waals surface area contributed by atoms with Crippen LogP contribution in [0.2, 0.25) is 0 Å². The number of hydrogen-bond acceptors (Lipinski definition) is 2. The average molecular weight is 273 g/mol. The Morgan fingerprint density at radius 3 is 2.83 bits per heavy atom. The molecule has 0 aromatic heterocycles. The molecule has 0 radical (unpaired) electrons. The molecule has 0 bridgehead atoms. The fourth-order valence-corrected chi connectivity index (χ4v) is 2.27. The van der Waals surface area contributed by atoms with Gasteiger partial charge in [-0.15, -0.1) is 0 Å². The second kappa shape index (κ2) is 7.36. The molecule has 18 heavy (non-hydrogen) atoms. The molecule has 0 aliphatic heterocycles. The largest absolute Gasteiger partial charge is 0.349 e. The fourth-order valence-electron chi connectivity index (χ4n) is 1.46. The molecular formula is C13H17F2NOS. The molecule has 5 heteroatoms. The molecule has 1 atom stereocenters. The molecule has 0 saturated carbocycles. The first-order valence-corrected chi connectivity index (χ1v) is 7.04. The van der Waals surface area contributed by atoms with Gasteiger partial charge in [0, 0.05) is 6.04 Å². The second-order valence-electron chi connectivity index (χ2n) is 3.96. The van der Waals surface area contributed by atoms with Crippen molar-refractivity contribution in [1.82, 2.24) is 5.32 Å². The Morgan fingerprint density at radius 1 is 1.44 bits per heavy atom. The van der Waals surface area contributed by atoms with Gasteiger partial charge in [0.25, 0.3) is 5.91 Å². The summed E-state index contributed by atoms with van der Waals surface area (Å²) in [5, 5.41) is 2.66. The summed E-state index contributed by atoms with van der Waals surface area (Å²) in [5.74, 6) is -0.703. The maximum Gasteiger partial charge on any atom is 0.254 e. The molecule has 1 amide bonds. The van der Waals surface area contributed by atoms with E-state index in [1.54, 1.807) is 11.8 Å². The van der Waals surface area contributed by atoms with Crippen LogP contribution in [0.5, 0.6) is 0 Å². The van der Waals surface area contributed by atoms with E-state index in [2.05, 4.69) is 12.2 Å². The van der Waals surface area contributed by atoms with Crippen LogP contribution in [0, 0.1) is 11.6 Å². The van der Waals surface area contributed by atoms with Crippen LogP contribution in [0.4, 0.5) is 8.78 Å². The van der Waals surface area contributed by atoms with Crippen molar-refractivity contribution in [3.8, 4) is 0 Å². The van der Waals surface area contributed by atoms with Gasteiger partial charge in [-0.25, -0.2) is 8.78 Å². The number of halogens is 2. The number of thioether (sulfide) groups is 1. The lowest BCUT2D eigenvalue weighted by molar-refractivity contribution is 0.0934. The third-order valence-electron chi connectivity index (χ3n) is 2.47. The Morgan fingerprint density at radius 2 is 2.17 bits per heavy atom. The Hall–Kier alpha value is -1.10. The van der Waals surface area contributed by atoms with Crippen LogP contribution < -0.4 is 5.32 Å². The molecule has 1 aromatic carbocycles. The van der Waals surface area contributed by atoms with Crippen molar-refractivity contribution in [2.24, 2.45) is 0 Å². The summed E-state index contributed by atoms with van der Waals surface area (Å²) in [4.78, 5) is 11.7. The van der Waals surface area contributed by atoms with E-state index >= 15 is 0 Å². The van der Waals surface area contributed by atoms with Crippen LogP contribution >= 0.6 is 11.8 Å². The minimum Gasteiger partial charge on any atom is -0.349 e. The van der Waals surface area contributed by atoms with Crippen molar-refractivity contribution < 1.29 is 13.6 Å². The molecule has 0 spiro atoms. The van der Waals surface area contributed by atoms with Gasteiger partial charge in [-0.1, -0.05) is 13.0 Å². The Labute approximate surface area is 110 Å². The van der Waals surface area contributed by atoms with E-state index in [4.69, 9.17) is 0 Å². The molecule has 0 saturated heterocycles. The fraction of sp³-hybridized carbons (Fsp3) is 0.462. The predicted molar refractivity (Wildman–Crippen MR) is 70.9 cm³/mol. The molecule has 0 heterocycles. The predicted octanol–water partition coefficient (Wildman–Crippen LogP) is 3.23. The summed E-state index contributed by atoms with van der Waals surface area (Å²) in [7, 11) is 0. The molecule has 0 aliphatic carbocycles. The molecule has 1 unspecified atom stereocenters. The van der Waals surface area contributed by atoms with Gasteiger partial charge in [0.15, 0.2) is 11.6 Å². The van der Waals surface area contributed by atoms with Gasteiger partial charge in [0.2, 0.25) is 0 Å². The summed E-state index contributed by atoms with van der Waals surface area (Å²) < 4.78 is 26.3. The first-order chi connectivity index (χ1) is 8.56. The van der Waals surface area contributed by atoms with Crippen molar-refractivity contribution in [2.45, 2.75) is 26.3 Å². The highest BCUT2D eigenvalue weighted by atomic mass is 32.2. The first kappa shape index (κ1) is 15.0. The number of amides is 1. The molecule has 0 fully saturated rings. The molecule has 1 N–H and O–H groups in total. The van der Waals surface area contributed by atoms with Crippen LogP contribution in [0.15, 0.2) is 18.2 Å². The molecule has 2 nitrogen and oxygen atoms in total. The molecular weight excluding hydrogens is 256 g/mol. The Bertz CT molecular complexity index is 412. The third-order valence-corrected chi connectivity index (χ3v) is 3.41. The van der Waals surface area contributed by atoms with Gasteiger partial charge >= 0.3 is 0 Å². The Balaban J connectivity index is 2.57. The molecule has 1 aromatic rings. The number of nitrogens with one attached hydrogen (secondary N) is 1. The zero-order valence-corrected chi connectivity index (χ0v) is 11.3. The highest BCUT2D eigenvalue weighted by Gasteiger charge is 2.16. The number of carbonyl (C=O) groups is 1. The van der Waals surface area contributed by atoms with Crippen molar-refractivity contribution in [3.05, 3.63) is 35.4 Å². The highest BCUT2D eigenvalue weighted by Crippen LogP contribution is 2.12. The first-order valence-electron chi connectivity index (χ1n) is 5.88. The van der Waals surface area contributed by atoms with Crippen molar-refractivity contribution in [1.29, 1.82) is 0 Å². The third kappa shape index (κ3) is 4.29. The molecule has 1 rings (SSSR count). The normalized spacial score (nSPS) is 12.2. The van der Waals surface area contributed by atoms with E-state index in [-0.39, 0.29) is 11.6 Å². The lowest BCUT2D eigenvalue weighted by Crippen LogP contribution is -2.33. The zero-order chi connectivity index (χ0) is 13.5. The van der Waals surface area contributed by atoms with Crippen LogP contribution in [-0.4, -0.2) is 23.5 Å². The van der Waals surface area contributed by atoms with Crippen LogP contribution in [0.1, 0.15) is 30.6 Å². The maximum absolute atomic E-state index is 13.4. The lowest BCUT2D eigenvalue weighted by Gasteiger charge is -2.13.